The predicted octanol–water partition coefficient (Wildman–Crippen LogP) is 3.97. The number of nitrogens with one attached hydrogen (secondary N) is 2. The summed E-state index contributed by atoms with van der Waals surface area (Å²) in [6, 6.07) is 18.1. The van der Waals surface area contributed by atoms with Crippen LogP contribution in [0.5, 0.6) is 0 Å². The quantitative estimate of drug-likeness (QED) is 0.656. The Morgan fingerprint density at radius 1 is 1.00 bits per heavy atom. The van der Waals surface area contributed by atoms with E-state index in [4.69, 9.17) is 0 Å². The summed E-state index contributed by atoms with van der Waals surface area (Å²) >= 11 is 0. The zero-order valence-electron chi connectivity index (χ0n) is 16.9. The number of anilines is 2. The highest BCUT2D eigenvalue weighted by Gasteiger charge is 2.31. The Morgan fingerprint density at radius 2 is 1.73 bits per heavy atom. The van der Waals surface area contributed by atoms with Crippen LogP contribution in [0.4, 0.5) is 11.4 Å². The molecule has 6 nitrogen and oxygen atoms in total. The largest absolute Gasteiger partial charge is 0.350 e. The van der Waals surface area contributed by atoms with Gasteiger partial charge in [0.1, 0.15) is 6.54 Å². The molecule has 0 aromatic heterocycles. The Balaban J connectivity index is 1.54. The van der Waals surface area contributed by atoms with E-state index >= 15 is 0 Å². The monoisotopic (exact) mass is 401 g/mol. The summed E-state index contributed by atoms with van der Waals surface area (Å²) < 4.78 is 0. The van der Waals surface area contributed by atoms with Crippen LogP contribution in [0.25, 0.3) is 10.8 Å². The molecule has 6 heteroatoms. The lowest BCUT2D eigenvalue weighted by molar-refractivity contribution is -0.114. The molecule has 1 aliphatic heterocycles. The van der Waals surface area contributed by atoms with Crippen LogP contribution in [0.15, 0.2) is 60.7 Å². The Labute approximate surface area is 174 Å². The van der Waals surface area contributed by atoms with E-state index in [9.17, 15) is 14.4 Å². The number of hydrogen-bond donors (Lipinski definition) is 2. The van der Waals surface area contributed by atoms with Crippen molar-refractivity contribution in [3.05, 3.63) is 71.8 Å². The molecule has 3 aromatic carbocycles. The van der Waals surface area contributed by atoms with Gasteiger partial charge in [-0.25, -0.2) is 0 Å². The molecule has 1 heterocycles. The van der Waals surface area contributed by atoms with Crippen molar-refractivity contribution in [2.75, 3.05) is 16.8 Å². The third-order valence-electron chi connectivity index (χ3n) is 5.39. The maximum atomic E-state index is 12.9. The summed E-state index contributed by atoms with van der Waals surface area (Å²) in [6.07, 6.45) is 0.809. The maximum absolute atomic E-state index is 12.9. The first-order chi connectivity index (χ1) is 14.5. The fourth-order valence-corrected chi connectivity index (χ4v) is 3.66. The second-order valence-corrected chi connectivity index (χ2v) is 7.45. The predicted molar refractivity (Wildman–Crippen MR) is 118 cm³/mol. The smallest absolute Gasteiger partial charge is 0.259 e. The molecule has 3 amide bonds. The van der Waals surface area contributed by atoms with Crippen molar-refractivity contribution in [3.8, 4) is 0 Å². The lowest BCUT2D eigenvalue weighted by Crippen LogP contribution is -2.36. The first kappa shape index (κ1) is 19.6. The summed E-state index contributed by atoms with van der Waals surface area (Å²) in [4.78, 5) is 39.7. The van der Waals surface area contributed by atoms with Crippen LogP contribution in [-0.2, 0) is 4.79 Å². The van der Waals surface area contributed by atoms with E-state index in [-0.39, 0.29) is 30.3 Å². The molecule has 1 atom stereocenters. The molecule has 0 spiro atoms. The SMILES string of the molecule is CC[C@@H](C)NC(=O)c1ccccc1NC(=O)CN1C(=O)c2cccc3cccc1c23. The average Bonchev–Trinajstić information content (AvgIpc) is 3.02. The average molecular weight is 401 g/mol. The van der Waals surface area contributed by atoms with Gasteiger partial charge in [0.05, 0.1) is 16.9 Å². The van der Waals surface area contributed by atoms with E-state index in [2.05, 4.69) is 10.6 Å². The summed E-state index contributed by atoms with van der Waals surface area (Å²) in [5.41, 5.74) is 2.14. The van der Waals surface area contributed by atoms with Crippen LogP contribution in [0.2, 0.25) is 0 Å². The van der Waals surface area contributed by atoms with Gasteiger partial charge in [0.25, 0.3) is 11.8 Å². The van der Waals surface area contributed by atoms with Gasteiger partial charge < -0.3 is 10.6 Å². The van der Waals surface area contributed by atoms with Crippen LogP contribution < -0.4 is 15.5 Å². The minimum absolute atomic E-state index is 0.0301. The standard InChI is InChI=1S/C24H23N3O3/c1-3-15(2)25-23(29)17-10-4-5-12-19(17)26-21(28)14-27-20-13-7-9-16-8-6-11-18(22(16)20)24(27)30/h4-13,15H,3,14H2,1-2H3,(H,25,29)(H,26,28)/t15-/m1/s1. The molecule has 0 radical (unpaired) electrons. The zero-order valence-corrected chi connectivity index (χ0v) is 16.9. The highest BCUT2D eigenvalue weighted by Crippen LogP contribution is 2.36. The molecule has 152 valence electrons. The van der Waals surface area contributed by atoms with Crippen molar-refractivity contribution in [2.45, 2.75) is 26.3 Å². The van der Waals surface area contributed by atoms with E-state index in [0.29, 0.717) is 16.8 Å². The number of carbonyl (C=O) groups excluding carboxylic acids is 3. The Hall–Kier alpha value is -3.67. The van der Waals surface area contributed by atoms with E-state index in [0.717, 1.165) is 22.9 Å². The molecule has 0 saturated carbocycles. The van der Waals surface area contributed by atoms with E-state index in [1.807, 2.05) is 44.2 Å². The highest BCUT2D eigenvalue weighted by molar-refractivity contribution is 6.26. The van der Waals surface area contributed by atoms with Gasteiger partial charge in [0, 0.05) is 17.0 Å². The molecule has 1 aliphatic rings. The summed E-state index contributed by atoms with van der Waals surface area (Å²) in [6.45, 7) is 3.79. The van der Waals surface area contributed by atoms with E-state index < -0.39 is 0 Å². The van der Waals surface area contributed by atoms with Crippen molar-refractivity contribution in [1.82, 2.24) is 5.32 Å². The molecule has 0 aliphatic carbocycles. The fraction of sp³-hybridized carbons (Fsp3) is 0.208. The molecule has 30 heavy (non-hydrogen) atoms. The number of rotatable bonds is 6. The Morgan fingerprint density at radius 3 is 2.50 bits per heavy atom. The van der Waals surface area contributed by atoms with Gasteiger partial charge in [-0.3, -0.25) is 19.3 Å². The van der Waals surface area contributed by atoms with Gasteiger partial charge >= 0.3 is 0 Å². The number of hydrogen-bond acceptors (Lipinski definition) is 3. The first-order valence-corrected chi connectivity index (χ1v) is 10.0. The molecule has 0 fully saturated rings. The van der Waals surface area contributed by atoms with Gasteiger partial charge in [-0.05, 0) is 43.0 Å². The van der Waals surface area contributed by atoms with Gasteiger partial charge in [-0.15, -0.1) is 0 Å². The molecule has 0 unspecified atom stereocenters. The fourth-order valence-electron chi connectivity index (χ4n) is 3.66. The molecule has 4 rings (SSSR count). The molecule has 3 aromatic rings. The Bertz CT molecular complexity index is 1150. The van der Waals surface area contributed by atoms with Crippen molar-refractivity contribution in [3.63, 3.8) is 0 Å². The molecule has 0 saturated heterocycles. The third-order valence-corrected chi connectivity index (χ3v) is 5.39. The summed E-state index contributed by atoms with van der Waals surface area (Å²) in [5.74, 6) is -0.800. The van der Waals surface area contributed by atoms with Crippen molar-refractivity contribution < 1.29 is 14.4 Å². The van der Waals surface area contributed by atoms with Gasteiger partial charge in [0.15, 0.2) is 0 Å². The van der Waals surface area contributed by atoms with E-state index in [1.54, 1.807) is 30.3 Å². The zero-order chi connectivity index (χ0) is 21.3. The molecule has 2 N–H and O–H groups in total. The number of carbonyl (C=O) groups is 3. The number of para-hydroxylation sites is 1. The van der Waals surface area contributed by atoms with Crippen LogP contribution in [0, 0.1) is 0 Å². The van der Waals surface area contributed by atoms with Crippen LogP contribution in [-0.4, -0.2) is 30.3 Å². The highest BCUT2D eigenvalue weighted by atomic mass is 16.2. The van der Waals surface area contributed by atoms with Gasteiger partial charge in [-0.2, -0.15) is 0 Å². The molecular formula is C24H23N3O3. The summed E-state index contributed by atoms with van der Waals surface area (Å²) in [7, 11) is 0. The second kappa shape index (κ2) is 7.99. The van der Waals surface area contributed by atoms with Crippen molar-refractivity contribution in [2.24, 2.45) is 0 Å². The molecule has 0 bridgehead atoms. The van der Waals surface area contributed by atoms with Crippen molar-refractivity contribution in [1.29, 1.82) is 0 Å². The van der Waals surface area contributed by atoms with Crippen LogP contribution in [0.3, 0.4) is 0 Å². The normalized spacial score (nSPS) is 13.4. The maximum Gasteiger partial charge on any atom is 0.259 e. The minimum Gasteiger partial charge on any atom is -0.350 e. The second-order valence-electron chi connectivity index (χ2n) is 7.45. The van der Waals surface area contributed by atoms with Gasteiger partial charge in [0.2, 0.25) is 5.91 Å². The van der Waals surface area contributed by atoms with Crippen LogP contribution >= 0.6 is 0 Å². The lowest BCUT2D eigenvalue weighted by atomic mass is 10.1. The van der Waals surface area contributed by atoms with E-state index in [1.165, 1.54) is 4.90 Å². The van der Waals surface area contributed by atoms with Crippen molar-refractivity contribution >= 4 is 39.9 Å². The third kappa shape index (κ3) is 3.52. The minimum atomic E-state index is -0.364. The lowest BCUT2D eigenvalue weighted by Gasteiger charge is -2.18. The Kier molecular flexibility index (Phi) is 5.23. The molecular weight excluding hydrogens is 378 g/mol. The van der Waals surface area contributed by atoms with Gasteiger partial charge in [-0.1, -0.05) is 43.3 Å². The topological polar surface area (TPSA) is 78.5 Å². The number of nitrogens with zero attached hydrogens (tertiary/aromatic N) is 1. The summed E-state index contributed by atoms with van der Waals surface area (Å²) in [5, 5.41) is 7.54. The first-order valence-electron chi connectivity index (χ1n) is 10.0. The number of amides is 3. The van der Waals surface area contributed by atoms with Crippen LogP contribution in [0.1, 0.15) is 41.0 Å². The number of benzene rings is 3.